The third-order valence-electron chi connectivity index (χ3n) is 2.39. The van der Waals surface area contributed by atoms with Gasteiger partial charge in [-0.3, -0.25) is 0 Å². The van der Waals surface area contributed by atoms with Crippen molar-refractivity contribution in [2.45, 2.75) is 20.3 Å². The molecule has 7 heteroatoms. The first-order valence-corrected chi connectivity index (χ1v) is 5.93. The normalized spacial score (nSPS) is 10.4. The van der Waals surface area contributed by atoms with E-state index in [4.69, 9.17) is 15.7 Å². The number of aryl methyl sites for hydroxylation is 1. The van der Waals surface area contributed by atoms with Crippen molar-refractivity contribution >= 4 is 11.6 Å². The number of anilines is 2. The molecule has 0 fully saturated rings. The Morgan fingerprint density at radius 3 is 2.61 bits per heavy atom. The molecule has 0 atom stereocenters. The number of aliphatic hydroxyl groups is 1. The van der Waals surface area contributed by atoms with Crippen molar-refractivity contribution in [3.05, 3.63) is 11.4 Å². The molecule has 7 nitrogen and oxygen atoms in total. The van der Waals surface area contributed by atoms with E-state index < -0.39 is 0 Å². The molecule has 0 aliphatic heterocycles. The lowest BCUT2D eigenvalue weighted by molar-refractivity contribution is 0.0922. The maximum Gasteiger partial charge on any atom is 0.148 e. The van der Waals surface area contributed by atoms with Gasteiger partial charge in [0, 0.05) is 18.7 Å². The SMILES string of the molecule is Cc1nc(NN)c(C)c(NCCCOCCO)n1. The summed E-state index contributed by atoms with van der Waals surface area (Å²) >= 11 is 0. The molecule has 0 radical (unpaired) electrons. The van der Waals surface area contributed by atoms with Gasteiger partial charge in [-0.15, -0.1) is 0 Å². The summed E-state index contributed by atoms with van der Waals surface area (Å²) in [6, 6.07) is 0. The molecule has 0 aliphatic rings. The minimum Gasteiger partial charge on any atom is -0.394 e. The third kappa shape index (κ3) is 4.44. The van der Waals surface area contributed by atoms with Crippen LogP contribution in [0.25, 0.3) is 0 Å². The molecule has 1 heterocycles. The van der Waals surface area contributed by atoms with Gasteiger partial charge < -0.3 is 20.6 Å². The van der Waals surface area contributed by atoms with Crippen LogP contribution in [0.15, 0.2) is 0 Å². The third-order valence-corrected chi connectivity index (χ3v) is 2.39. The smallest absolute Gasteiger partial charge is 0.148 e. The van der Waals surface area contributed by atoms with Gasteiger partial charge in [-0.1, -0.05) is 0 Å². The Hall–Kier alpha value is -1.44. The van der Waals surface area contributed by atoms with Crippen LogP contribution in [-0.4, -0.2) is 41.4 Å². The first-order valence-electron chi connectivity index (χ1n) is 5.93. The van der Waals surface area contributed by atoms with E-state index in [1.807, 2.05) is 13.8 Å². The van der Waals surface area contributed by atoms with Crippen LogP contribution in [0, 0.1) is 13.8 Å². The zero-order valence-electron chi connectivity index (χ0n) is 10.9. The Morgan fingerprint density at radius 1 is 1.22 bits per heavy atom. The number of nitrogens with one attached hydrogen (secondary N) is 2. The van der Waals surface area contributed by atoms with Crippen LogP contribution in [0.3, 0.4) is 0 Å². The van der Waals surface area contributed by atoms with Crippen LogP contribution in [0.5, 0.6) is 0 Å². The van der Waals surface area contributed by atoms with Crippen molar-refractivity contribution in [1.29, 1.82) is 0 Å². The highest BCUT2D eigenvalue weighted by Crippen LogP contribution is 2.18. The van der Waals surface area contributed by atoms with Gasteiger partial charge in [0.25, 0.3) is 0 Å². The molecule has 1 aromatic heterocycles. The Bertz CT molecular complexity index is 373. The van der Waals surface area contributed by atoms with Gasteiger partial charge in [0.05, 0.1) is 13.2 Å². The monoisotopic (exact) mass is 255 g/mol. The summed E-state index contributed by atoms with van der Waals surface area (Å²) in [6.45, 7) is 5.51. The maximum absolute atomic E-state index is 8.55. The minimum atomic E-state index is 0.0587. The van der Waals surface area contributed by atoms with Crippen LogP contribution in [0.2, 0.25) is 0 Å². The number of rotatable bonds is 8. The van der Waals surface area contributed by atoms with Crippen molar-refractivity contribution in [2.24, 2.45) is 5.84 Å². The number of nitrogens with two attached hydrogens (primary N) is 1. The summed E-state index contributed by atoms with van der Waals surface area (Å²) in [5.41, 5.74) is 3.44. The number of hydrazine groups is 1. The molecular weight excluding hydrogens is 234 g/mol. The van der Waals surface area contributed by atoms with E-state index in [1.165, 1.54) is 0 Å². The number of hydrogen-bond donors (Lipinski definition) is 4. The second kappa shape index (κ2) is 7.80. The van der Waals surface area contributed by atoms with Gasteiger partial charge in [0.2, 0.25) is 0 Å². The van der Waals surface area contributed by atoms with E-state index >= 15 is 0 Å². The van der Waals surface area contributed by atoms with Gasteiger partial charge in [-0.2, -0.15) is 0 Å². The summed E-state index contributed by atoms with van der Waals surface area (Å²) in [5, 5.41) is 11.8. The van der Waals surface area contributed by atoms with E-state index in [9.17, 15) is 0 Å². The number of aromatic nitrogens is 2. The maximum atomic E-state index is 8.55. The van der Waals surface area contributed by atoms with Gasteiger partial charge in [-0.05, 0) is 20.3 Å². The lowest BCUT2D eigenvalue weighted by Gasteiger charge is -2.12. The summed E-state index contributed by atoms with van der Waals surface area (Å²) in [4.78, 5) is 8.50. The Balaban J connectivity index is 2.44. The molecule has 5 N–H and O–H groups in total. The van der Waals surface area contributed by atoms with Crippen molar-refractivity contribution in [1.82, 2.24) is 9.97 Å². The van der Waals surface area contributed by atoms with Crippen LogP contribution in [0.1, 0.15) is 17.8 Å². The van der Waals surface area contributed by atoms with E-state index in [1.54, 1.807) is 0 Å². The molecule has 1 aromatic rings. The number of nitrogen functional groups attached to an aromatic ring is 1. The highest BCUT2D eigenvalue weighted by Gasteiger charge is 2.07. The zero-order chi connectivity index (χ0) is 13.4. The van der Waals surface area contributed by atoms with E-state index in [0.717, 1.165) is 24.3 Å². The van der Waals surface area contributed by atoms with E-state index in [-0.39, 0.29) is 6.61 Å². The molecule has 0 spiro atoms. The fraction of sp³-hybridized carbons (Fsp3) is 0.636. The number of hydrogen-bond acceptors (Lipinski definition) is 7. The Kier molecular flexibility index (Phi) is 6.34. The number of ether oxygens (including phenoxy) is 1. The standard InChI is InChI=1S/C11H21N5O2/c1-8-10(13-4-3-6-18-7-5-17)14-9(2)15-11(8)16-12/h17H,3-7,12H2,1-2H3,(H2,13,14,15,16). The molecule has 0 saturated heterocycles. The quantitative estimate of drug-likeness (QED) is 0.298. The van der Waals surface area contributed by atoms with Gasteiger partial charge in [0.15, 0.2) is 0 Å². The summed E-state index contributed by atoms with van der Waals surface area (Å²) in [7, 11) is 0. The molecule has 0 saturated carbocycles. The fourth-order valence-corrected chi connectivity index (χ4v) is 1.49. The molecule has 0 aliphatic carbocycles. The van der Waals surface area contributed by atoms with Crippen LogP contribution in [0.4, 0.5) is 11.6 Å². The lowest BCUT2D eigenvalue weighted by atomic mass is 10.3. The summed E-state index contributed by atoms with van der Waals surface area (Å²) in [5.74, 6) is 7.45. The first kappa shape index (κ1) is 14.6. The predicted molar refractivity (Wildman–Crippen MR) is 70.3 cm³/mol. The molecule has 0 aromatic carbocycles. The second-order valence-corrected chi connectivity index (χ2v) is 3.85. The molecule has 0 amide bonds. The Labute approximate surface area is 107 Å². The van der Waals surface area contributed by atoms with Crippen molar-refractivity contribution in [3.8, 4) is 0 Å². The molecular formula is C11H21N5O2. The number of nitrogens with zero attached hydrogens (tertiary/aromatic N) is 2. The van der Waals surface area contributed by atoms with Gasteiger partial charge >= 0.3 is 0 Å². The van der Waals surface area contributed by atoms with Crippen LogP contribution >= 0.6 is 0 Å². The number of aliphatic hydroxyl groups excluding tert-OH is 1. The van der Waals surface area contributed by atoms with Crippen molar-refractivity contribution < 1.29 is 9.84 Å². The van der Waals surface area contributed by atoms with Gasteiger partial charge in [-0.25, -0.2) is 15.8 Å². The average molecular weight is 255 g/mol. The predicted octanol–water partition coefficient (Wildman–Crippen LogP) is 0.190. The second-order valence-electron chi connectivity index (χ2n) is 3.85. The Morgan fingerprint density at radius 2 is 1.94 bits per heavy atom. The van der Waals surface area contributed by atoms with Crippen molar-refractivity contribution in [3.63, 3.8) is 0 Å². The van der Waals surface area contributed by atoms with E-state index in [2.05, 4.69) is 20.7 Å². The lowest BCUT2D eigenvalue weighted by Crippen LogP contribution is -2.15. The largest absolute Gasteiger partial charge is 0.394 e. The van der Waals surface area contributed by atoms with Gasteiger partial charge in [0.1, 0.15) is 17.5 Å². The average Bonchev–Trinajstić information content (AvgIpc) is 2.37. The topological polar surface area (TPSA) is 105 Å². The van der Waals surface area contributed by atoms with Crippen molar-refractivity contribution in [2.75, 3.05) is 37.1 Å². The molecule has 18 heavy (non-hydrogen) atoms. The van der Waals surface area contributed by atoms with Crippen LogP contribution < -0.4 is 16.6 Å². The van der Waals surface area contributed by atoms with E-state index in [0.29, 0.717) is 24.9 Å². The molecule has 0 unspecified atom stereocenters. The van der Waals surface area contributed by atoms with Crippen LogP contribution in [-0.2, 0) is 4.74 Å². The highest BCUT2D eigenvalue weighted by molar-refractivity contribution is 5.56. The molecule has 1 rings (SSSR count). The minimum absolute atomic E-state index is 0.0587. The molecule has 102 valence electrons. The summed E-state index contributed by atoms with van der Waals surface area (Å²) < 4.78 is 5.16. The summed E-state index contributed by atoms with van der Waals surface area (Å²) in [6.07, 6.45) is 0.841. The molecule has 0 bridgehead atoms. The fourth-order valence-electron chi connectivity index (χ4n) is 1.49. The first-order chi connectivity index (χ1) is 8.69. The highest BCUT2D eigenvalue weighted by atomic mass is 16.5. The zero-order valence-corrected chi connectivity index (χ0v) is 10.9.